The number of rotatable bonds is 4. The Hall–Kier alpha value is -3.80. The lowest BCUT2D eigenvalue weighted by Crippen LogP contribution is -2.30. The molecule has 5 rings (SSSR count). The Morgan fingerprint density at radius 1 is 0.967 bits per heavy atom. The summed E-state index contributed by atoms with van der Waals surface area (Å²) >= 11 is 0. The second-order valence-corrected chi connectivity index (χ2v) is 7.17. The highest BCUT2D eigenvalue weighted by molar-refractivity contribution is 6.05. The molecular weight excluding hydrogens is 385 g/mol. The molecule has 1 atom stereocenters. The van der Waals surface area contributed by atoms with Crippen molar-refractivity contribution in [1.82, 2.24) is 4.90 Å². The van der Waals surface area contributed by atoms with E-state index in [1.165, 1.54) is 11.0 Å². The molecule has 150 valence electrons. The van der Waals surface area contributed by atoms with Crippen LogP contribution in [0.5, 0.6) is 11.5 Å². The number of aliphatic hydroxyl groups is 1. The fourth-order valence-electron chi connectivity index (χ4n) is 3.99. The van der Waals surface area contributed by atoms with Crippen LogP contribution in [0.4, 0.5) is 4.39 Å². The molecule has 1 amide bonds. The molecule has 0 spiro atoms. The van der Waals surface area contributed by atoms with Crippen LogP contribution in [0, 0.1) is 5.82 Å². The van der Waals surface area contributed by atoms with Gasteiger partial charge in [-0.2, -0.15) is 0 Å². The standard InChI is InChI=1S/C24H18FNO4/c25-18-9-5-4-8-17(18)22-21(16-6-2-1-3-7-16)23(27)24(28)26(22)13-15-10-11-19-20(12-15)30-14-29-19/h1-12,22,27H,13-14H2/t22-/m0/s1. The molecule has 3 aromatic carbocycles. The zero-order chi connectivity index (χ0) is 20.7. The van der Waals surface area contributed by atoms with Gasteiger partial charge in [-0.3, -0.25) is 4.79 Å². The van der Waals surface area contributed by atoms with Gasteiger partial charge in [-0.25, -0.2) is 4.39 Å². The van der Waals surface area contributed by atoms with Crippen molar-refractivity contribution in [2.24, 2.45) is 0 Å². The van der Waals surface area contributed by atoms with Crippen molar-refractivity contribution in [2.45, 2.75) is 12.6 Å². The Morgan fingerprint density at radius 2 is 1.70 bits per heavy atom. The molecule has 0 aromatic heterocycles. The Balaban J connectivity index is 1.59. The second kappa shape index (κ2) is 7.22. The molecular formula is C24H18FNO4. The van der Waals surface area contributed by atoms with E-state index in [0.29, 0.717) is 28.2 Å². The molecule has 2 aliphatic heterocycles. The van der Waals surface area contributed by atoms with E-state index in [4.69, 9.17) is 9.47 Å². The van der Waals surface area contributed by atoms with Crippen LogP contribution in [0.2, 0.25) is 0 Å². The maximum atomic E-state index is 14.8. The largest absolute Gasteiger partial charge is 0.503 e. The zero-order valence-corrected chi connectivity index (χ0v) is 15.9. The fraction of sp³-hybridized carbons (Fsp3) is 0.125. The maximum absolute atomic E-state index is 14.8. The molecule has 2 heterocycles. The smallest absolute Gasteiger partial charge is 0.290 e. The normalized spacial score (nSPS) is 17.7. The quantitative estimate of drug-likeness (QED) is 0.691. The van der Waals surface area contributed by atoms with Crippen molar-refractivity contribution in [1.29, 1.82) is 0 Å². The average Bonchev–Trinajstić information content (AvgIpc) is 3.33. The molecule has 0 bridgehead atoms. The number of nitrogens with zero attached hydrogens (tertiary/aromatic N) is 1. The molecule has 30 heavy (non-hydrogen) atoms. The van der Waals surface area contributed by atoms with E-state index in [1.807, 2.05) is 24.3 Å². The first-order valence-electron chi connectivity index (χ1n) is 9.56. The minimum absolute atomic E-state index is 0.153. The molecule has 1 N–H and O–H groups in total. The summed E-state index contributed by atoms with van der Waals surface area (Å²) in [6.07, 6.45) is 0. The Kier molecular flexibility index (Phi) is 4.39. The van der Waals surface area contributed by atoms with E-state index in [9.17, 15) is 14.3 Å². The van der Waals surface area contributed by atoms with Crippen LogP contribution in [-0.2, 0) is 11.3 Å². The van der Waals surface area contributed by atoms with Crippen molar-refractivity contribution in [2.75, 3.05) is 6.79 Å². The van der Waals surface area contributed by atoms with Crippen LogP contribution in [0.25, 0.3) is 5.57 Å². The number of carbonyl (C=O) groups excluding carboxylic acids is 1. The monoisotopic (exact) mass is 403 g/mol. The highest BCUT2D eigenvalue weighted by atomic mass is 19.1. The summed E-state index contributed by atoms with van der Waals surface area (Å²) in [6.45, 7) is 0.328. The first kappa shape index (κ1) is 18.2. The Bertz CT molecular complexity index is 1160. The van der Waals surface area contributed by atoms with Gasteiger partial charge in [0.2, 0.25) is 6.79 Å². The third-order valence-electron chi connectivity index (χ3n) is 5.38. The maximum Gasteiger partial charge on any atom is 0.290 e. The van der Waals surface area contributed by atoms with Crippen LogP contribution in [-0.4, -0.2) is 22.7 Å². The summed E-state index contributed by atoms with van der Waals surface area (Å²) < 4.78 is 25.6. The van der Waals surface area contributed by atoms with Gasteiger partial charge < -0.3 is 19.5 Å². The van der Waals surface area contributed by atoms with Gasteiger partial charge in [0.15, 0.2) is 17.3 Å². The van der Waals surface area contributed by atoms with E-state index in [0.717, 1.165) is 5.56 Å². The molecule has 6 heteroatoms. The predicted octanol–water partition coefficient (Wildman–Crippen LogP) is 4.61. The molecule has 5 nitrogen and oxygen atoms in total. The fourth-order valence-corrected chi connectivity index (χ4v) is 3.99. The van der Waals surface area contributed by atoms with E-state index >= 15 is 0 Å². The van der Waals surface area contributed by atoms with Gasteiger partial charge in [-0.1, -0.05) is 54.6 Å². The third kappa shape index (κ3) is 2.97. The van der Waals surface area contributed by atoms with Crippen LogP contribution in [0.1, 0.15) is 22.7 Å². The van der Waals surface area contributed by atoms with Gasteiger partial charge in [0.05, 0.1) is 6.04 Å². The number of aliphatic hydroxyl groups excluding tert-OH is 1. The van der Waals surface area contributed by atoms with E-state index < -0.39 is 17.8 Å². The number of ether oxygens (including phenoxy) is 2. The van der Waals surface area contributed by atoms with Crippen molar-refractivity contribution in [3.05, 3.63) is 101 Å². The third-order valence-corrected chi connectivity index (χ3v) is 5.38. The molecule has 0 fully saturated rings. The first-order chi connectivity index (χ1) is 14.6. The van der Waals surface area contributed by atoms with E-state index in [1.54, 1.807) is 42.5 Å². The molecule has 0 saturated heterocycles. The van der Waals surface area contributed by atoms with Crippen LogP contribution < -0.4 is 9.47 Å². The van der Waals surface area contributed by atoms with Crippen molar-refractivity contribution in [3.8, 4) is 11.5 Å². The second-order valence-electron chi connectivity index (χ2n) is 7.17. The Morgan fingerprint density at radius 3 is 2.50 bits per heavy atom. The number of hydrogen-bond donors (Lipinski definition) is 1. The highest BCUT2D eigenvalue weighted by Gasteiger charge is 2.42. The lowest BCUT2D eigenvalue weighted by atomic mass is 9.93. The lowest BCUT2D eigenvalue weighted by Gasteiger charge is -2.28. The summed E-state index contributed by atoms with van der Waals surface area (Å²) in [5, 5.41) is 10.8. The molecule has 0 unspecified atom stereocenters. The first-order valence-corrected chi connectivity index (χ1v) is 9.56. The number of fused-ring (bicyclic) bond motifs is 1. The van der Waals surface area contributed by atoms with Crippen LogP contribution >= 0.6 is 0 Å². The van der Waals surface area contributed by atoms with Gasteiger partial charge in [0.1, 0.15) is 5.82 Å². The predicted molar refractivity (Wildman–Crippen MR) is 108 cm³/mol. The minimum Gasteiger partial charge on any atom is -0.503 e. The summed E-state index contributed by atoms with van der Waals surface area (Å²) in [6, 6.07) is 20.1. The number of amides is 1. The molecule has 0 saturated carbocycles. The van der Waals surface area contributed by atoms with Gasteiger partial charge in [0.25, 0.3) is 5.91 Å². The molecule has 0 radical (unpaired) electrons. The van der Waals surface area contributed by atoms with Gasteiger partial charge in [-0.05, 0) is 29.3 Å². The highest BCUT2D eigenvalue weighted by Crippen LogP contribution is 2.44. The van der Waals surface area contributed by atoms with Crippen molar-refractivity contribution >= 4 is 11.5 Å². The molecule has 3 aromatic rings. The van der Waals surface area contributed by atoms with Crippen molar-refractivity contribution < 1.29 is 23.8 Å². The van der Waals surface area contributed by atoms with Gasteiger partial charge >= 0.3 is 0 Å². The van der Waals surface area contributed by atoms with Crippen LogP contribution in [0.15, 0.2) is 78.6 Å². The Labute approximate surface area is 172 Å². The van der Waals surface area contributed by atoms with Crippen LogP contribution in [0.3, 0.4) is 0 Å². The minimum atomic E-state index is -0.758. The van der Waals surface area contributed by atoms with E-state index in [-0.39, 0.29) is 19.1 Å². The number of carbonyl (C=O) groups is 1. The summed E-state index contributed by atoms with van der Waals surface area (Å²) in [7, 11) is 0. The zero-order valence-electron chi connectivity index (χ0n) is 15.9. The van der Waals surface area contributed by atoms with E-state index in [2.05, 4.69) is 0 Å². The number of hydrogen-bond acceptors (Lipinski definition) is 4. The van der Waals surface area contributed by atoms with Gasteiger partial charge in [0, 0.05) is 17.7 Å². The summed E-state index contributed by atoms with van der Waals surface area (Å²) in [4.78, 5) is 14.5. The number of benzene rings is 3. The van der Waals surface area contributed by atoms with Gasteiger partial charge in [-0.15, -0.1) is 0 Å². The summed E-state index contributed by atoms with van der Waals surface area (Å²) in [5.74, 6) is -0.103. The number of halogens is 1. The average molecular weight is 403 g/mol. The SMILES string of the molecule is O=C1C(O)=C(c2ccccc2)[C@H](c2ccccc2F)N1Cc1ccc2c(c1)OCO2. The van der Waals surface area contributed by atoms with Crippen molar-refractivity contribution in [3.63, 3.8) is 0 Å². The summed E-state index contributed by atoms with van der Waals surface area (Å²) in [5.41, 5.74) is 2.18. The lowest BCUT2D eigenvalue weighted by molar-refractivity contribution is -0.130. The molecule has 2 aliphatic rings. The molecule has 0 aliphatic carbocycles. The topological polar surface area (TPSA) is 59.0 Å².